The molecule has 0 aliphatic carbocycles. The van der Waals surface area contributed by atoms with Crippen LogP contribution in [0, 0.1) is 5.82 Å². The van der Waals surface area contributed by atoms with Crippen LogP contribution in [0.25, 0.3) is 6.08 Å². The van der Waals surface area contributed by atoms with Crippen molar-refractivity contribution in [1.82, 2.24) is 0 Å². The van der Waals surface area contributed by atoms with Crippen LogP contribution in [-0.2, 0) is 6.61 Å². The number of thioether (sulfide) groups is 1. The van der Waals surface area contributed by atoms with E-state index in [-0.39, 0.29) is 18.2 Å². The number of ether oxygens (including phenoxy) is 1. The predicted octanol–water partition coefficient (Wildman–Crippen LogP) is 5.73. The van der Waals surface area contributed by atoms with Gasteiger partial charge in [0.15, 0.2) is 0 Å². The van der Waals surface area contributed by atoms with Crippen LogP contribution in [0.4, 0.5) is 4.39 Å². The number of ketones is 1. The highest BCUT2D eigenvalue weighted by Crippen LogP contribution is 2.40. The molecule has 0 unspecified atom stereocenters. The summed E-state index contributed by atoms with van der Waals surface area (Å²) in [6.45, 7) is 0.159. The lowest BCUT2D eigenvalue weighted by Crippen LogP contribution is -1.98. The van der Waals surface area contributed by atoms with E-state index in [1.54, 1.807) is 18.2 Å². The van der Waals surface area contributed by atoms with E-state index in [4.69, 9.17) is 4.74 Å². The average molecular weight is 362 g/mol. The van der Waals surface area contributed by atoms with Gasteiger partial charge in [-0.05, 0) is 42.0 Å². The molecule has 1 aliphatic heterocycles. The molecule has 4 heteroatoms. The molecule has 0 saturated heterocycles. The first-order valence-electron chi connectivity index (χ1n) is 8.20. The highest BCUT2D eigenvalue weighted by molar-refractivity contribution is 8.04. The molecule has 4 rings (SSSR count). The number of fused-ring (bicyclic) bond motifs is 1. The van der Waals surface area contributed by atoms with E-state index in [0.29, 0.717) is 16.2 Å². The Labute approximate surface area is 155 Å². The van der Waals surface area contributed by atoms with E-state index in [2.05, 4.69) is 0 Å². The molecule has 1 aliphatic rings. The molecule has 0 radical (unpaired) electrons. The molecule has 0 N–H and O–H groups in total. The minimum Gasteiger partial charge on any atom is -0.489 e. The third-order valence-corrected chi connectivity index (χ3v) is 5.18. The first-order valence-corrected chi connectivity index (χ1v) is 9.02. The summed E-state index contributed by atoms with van der Waals surface area (Å²) in [5.41, 5.74) is 2.13. The van der Waals surface area contributed by atoms with Gasteiger partial charge in [-0.2, -0.15) is 0 Å². The Hall–Kier alpha value is -2.85. The lowest BCUT2D eigenvalue weighted by atomic mass is 10.1. The van der Waals surface area contributed by atoms with Crippen LogP contribution in [0.2, 0.25) is 0 Å². The van der Waals surface area contributed by atoms with Gasteiger partial charge in [0.2, 0.25) is 5.78 Å². The molecule has 0 bridgehead atoms. The summed E-state index contributed by atoms with van der Waals surface area (Å²) in [5, 5.41) is 0. The van der Waals surface area contributed by atoms with Gasteiger partial charge in [-0.3, -0.25) is 4.79 Å². The first-order chi connectivity index (χ1) is 12.7. The quantitative estimate of drug-likeness (QED) is 0.554. The molecule has 2 nitrogen and oxygen atoms in total. The molecule has 0 atom stereocenters. The molecule has 0 fully saturated rings. The van der Waals surface area contributed by atoms with Gasteiger partial charge in [0.1, 0.15) is 18.2 Å². The van der Waals surface area contributed by atoms with E-state index < -0.39 is 0 Å². The van der Waals surface area contributed by atoms with E-state index in [1.807, 2.05) is 54.6 Å². The molecule has 26 heavy (non-hydrogen) atoms. The first kappa shape index (κ1) is 16.6. The number of carbonyl (C=O) groups is 1. The molecular formula is C22H15FO2S. The summed E-state index contributed by atoms with van der Waals surface area (Å²) in [6, 6.07) is 21.6. The number of carbonyl (C=O) groups excluding carboxylic acids is 1. The van der Waals surface area contributed by atoms with Crippen LogP contribution in [-0.4, -0.2) is 5.78 Å². The summed E-state index contributed by atoms with van der Waals surface area (Å²) in [7, 11) is 0. The molecule has 3 aromatic rings. The lowest BCUT2D eigenvalue weighted by Gasteiger charge is -2.08. The maximum atomic E-state index is 13.7. The number of hydrogen-bond acceptors (Lipinski definition) is 3. The van der Waals surface area contributed by atoms with Crippen molar-refractivity contribution in [2.24, 2.45) is 0 Å². The highest BCUT2D eigenvalue weighted by Gasteiger charge is 2.25. The number of allylic oxidation sites excluding steroid dienone is 1. The average Bonchev–Trinajstić information content (AvgIpc) is 2.97. The van der Waals surface area contributed by atoms with Crippen molar-refractivity contribution < 1.29 is 13.9 Å². The topological polar surface area (TPSA) is 26.3 Å². The van der Waals surface area contributed by atoms with E-state index >= 15 is 0 Å². The molecule has 0 aromatic heterocycles. The maximum Gasteiger partial charge on any atom is 0.200 e. The van der Waals surface area contributed by atoms with Gasteiger partial charge in [0, 0.05) is 16.0 Å². The molecular weight excluding hydrogens is 347 g/mol. The van der Waals surface area contributed by atoms with Gasteiger partial charge in [0.05, 0.1) is 4.91 Å². The molecule has 128 valence electrons. The highest BCUT2D eigenvalue weighted by atomic mass is 32.2. The van der Waals surface area contributed by atoms with Crippen LogP contribution in [0.1, 0.15) is 21.5 Å². The monoisotopic (exact) mass is 362 g/mol. The minimum absolute atomic E-state index is 0.0447. The van der Waals surface area contributed by atoms with Gasteiger partial charge < -0.3 is 4.74 Å². The van der Waals surface area contributed by atoms with Crippen molar-refractivity contribution in [1.29, 1.82) is 0 Å². The Morgan fingerprint density at radius 1 is 0.962 bits per heavy atom. The smallest absolute Gasteiger partial charge is 0.200 e. The second kappa shape index (κ2) is 7.18. The SMILES string of the molecule is O=C1/C(=C/c2cccc(OCc3ccccc3F)c2)Sc2ccccc21. The Balaban J connectivity index is 1.52. The summed E-state index contributed by atoms with van der Waals surface area (Å²) < 4.78 is 19.4. The van der Waals surface area contributed by atoms with Crippen LogP contribution >= 0.6 is 11.8 Å². The number of benzene rings is 3. The number of Topliss-reactive ketones (excluding diaryl/α,β-unsaturated/α-hetero) is 1. The maximum absolute atomic E-state index is 13.7. The van der Waals surface area contributed by atoms with Crippen LogP contribution in [0.3, 0.4) is 0 Å². The van der Waals surface area contributed by atoms with E-state index in [1.165, 1.54) is 17.8 Å². The molecule has 0 spiro atoms. The fourth-order valence-electron chi connectivity index (χ4n) is 2.76. The van der Waals surface area contributed by atoms with Gasteiger partial charge in [-0.25, -0.2) is 4.39 Å². The van der Waals surface area contributed by atoms with Gasteiger partial charge in [-0.15, -0.1) is 0 Å². The second-order valence-corrected chi connectivity index (χ2v) is 6.97. The summed E-state index contributed by atoms with van der Waals surface area (Å²) in [4.78, 5) is 14.1. The van der Waals surface area contributed by atoms with Gasteiger partial charge in [-0.1, -0.05) is 54.2 Å². The van der Waals surface area contributed by atoms with Crippen molar-refractivity contribution in [2.75, 3.05) is 0 Å². The standard InChI is InChI=1S/C22H15FO2S/c23-19-10-3-1-7-16(19)14-25-17-8-5-6-15(12-17)13-21-22(24)18-9-2-4-11-20(18)26-21/h1-13H,14H2/b21-13-. The van der Waals surface area contributed by atoms with Crippen molar-refractivity contribution in [3.05, 3.63) is 100 Å². The summed E-state index contributed by atoms with van der Waals surface area (Å²) in [5.74, 6) is 0.398. The van der Waals surface area contributed by atoms with Crippen molar-refractivity contribution in [3.63, 3.8) is 0 Å². The largest absolute Gasteiger partial charge is 0.489 e. The Kier molecular flexibility index (Phi) is 4.59. The van der Waals surface area contributed by atoms with Gasteiger partial charge >= 0.3 is 0 Å². The zero-order valence-electron chi connectivity index (χ0n) is 13.8. The molecule has 1 heterocycles. The van der Waals surface area contributed by atoms with Crippen LogP contribution in [0.15, 0.2) is 82.6 Å². The summed E-state index contributed by atoms with van der Waals surface area (Å²) in [6.07, 6.45) is 1.86. The molecule has 3 aromatic carbocycles. The van der Waals surface area contributed by atoms with Crippen molar-refractivity contribution in [3.8, 4) is 5.75 Å². The number of halogens is 1. The Bertz CT molecular complexity index is 1010. The minimum atomic E-state index is -0.281. The normalized spacial score (nSPS) is 14.5. The van der Waals surface area contributed by atoms with Crippen LogP contribution < -0.4 is 4.74 Å². The molecule has 0 amide bonds. The van der Waals surface area contributed by atoms with Crippen LogP contribution in [0.5, 0.6) is 5.75 Å². The third-order valence-electron chi connectivity index (χ3n) is 4.08. The fraction of sp³-hybridized carbons (Fsp3) is 0.0455. The fourth-order valence-corrected chi connectivity index (χ4v) is 3.81. The summed E-state index contributed by atoms with van der Waals surface area (Å²) >= 11 is 1.48. The van der Waals surface area contributed by atoms with Gasteiger partial charge in [0.25, 0.3) is 0 Å². The predicted molar refractivity (Wildman–Crippen MR) is 102 cm³/mol. The number of rotatable bonds is 4. The molecule has 0 saturated carbocycles. The number of hydrogen-bond donors (Lipinski definition) is 0. The Morgan fingerprint density at radius 3 is 2.62 bits per heavy atom. The second-order valence-electron chi connectivity index (χ2n) is 5.89. The van der Waals surface area contributed by atoms with E-state index in [9.17, 15) is 9.18 Å². The lowest BCUT2D eigenvalue weighted by molar-refractivity contribution is 0.104. The van der Waals surface area contributed by atoms with Crippen molar-refractivity contribution >= 4 is 23.6 Å². The van der Waals surface area contributed by atoms with Crippen molar-refractivity contribution in [2.45, 2.75) is 11.5 Å². The third kappa shape index (κ3) is 3.41. The Morgan fingerprint density at radius 2 is 1.77 bits per heavy atom. The zero-order valence-corrected chi connectivity index (χ0v) is 14.6. The zero-order chi connectivity index (χ0) is 17.9. The van der Waals surface area contributed by atoms with E-state index in [0.717, 1.165) is 16.0 Å².